The van der Waals surface area contributed by atoms with Crippen LogP contribution in [0.2, 0.25) is 0 Å². The molecule has 0 fully saturated rings. The number of hydrogen-bond acceptors (Lipinski definition) is 1. The van der Waals surface area contributed by atoms with Crippen LogP contribution in [-0.4, -0.2) is 5.78 Å². The molecule has 0 aliphatic heterocycles. The van der Waals surface area contributed by atoms with Crippen molar-refractivity contribution in [3.05, 3.63) is 23.8 Å². The molecule has 1 aliphatic rings. The Bertz CT molecular complexity index is 221. The van der Waals surface area contributed by atoms with Crippen LogP contribution in [0.1, 0.15) is 33.1 Å². The predicted octanol–water partition coefficient (Wildman–Crippen LogP) is 2.88. The van der Waals surface area contributed by atoms with Crippen LogP contribution in [0, 0.1) is 5.92 Å². The largest absolute Gasteiger partial charge is 0.295 e. The molecule has 0 N–H and O–H groups in total. The first-order valence-electron chi connectivity index (χ1n) is 4.58. The Morgan fingerprint density at radius 2 is 2.17 bits per heavy atom. The van der Waals surface area contributed by atoms with Crippen molar-refractivity contribution in [1.82, 2.24) is 0 Å². The van der Waals surface area contributed by atoms with Gasteiger partial charge < -0.3 is 0 Å². The summed E-state index contributed by atoms with van der Waals surface area (Å²) >= 11 is 0. The summed E-state index contributed by atoms with van der Waals surface area (Å²) < 4.78 is 0. The van der Waals surface area contributed by atoms with Crippen molar-refractivity contribution in [3.63, 3.8) is 0 Å². The summed E-state index contributed by atoms with van der Waals surface area (Å²) in [6.07, 6.45) is 8.63. The van der Waals surface area contributed by atoms with Gasteiger partial charge in [0.05, 0.1) is 0 Å². The van der Waals surface area contributed by atoms with Crippen molar-refractivity contribution in [1.29, 1.82) is 0 Å². The first kappa shape index (κ1) is 9.24. The lowest BCUT2D eigenvalue weighted by Gasteiger charge is -2.07. The Morgan fingerprint density at radius 1 is 1.42 bits per heavy atom. The van der Waals surface area contributed by atoms with Crippen molar-refractivity contribution in [2.45, 2.75) is 33.1 Å². The van der Waals surface area contributed by atoms with Gasteiger partial charge in [-0.25, -0.2) is 0 Å². The summed E-state index contributed by atoms with van der Waals surface area (Å²) in [5.41, 5.74) is 1.32. The number of hydrogen-bond donors (Lipinski definition) is 0. The molecule has 0 amide bonds. The zero-order chi connectivity index (χ0) is 8.97. The fourth-order valence-corrected chi connectivity index (χ4v) is 1.19. The van der Waals surface area contributed by atoms with Crippen LogP contribution in [-0.2, 0) is 4.79 Å². The molecule has 0 aromatic carbocycles. The van der Waals surface area contributed by atoms with E-state index in [2.05, 4.69) is 19.9 Å². The van der Waals surface area contributed by atoms with Crippen LogP contribution >= 0.6 is 0 Å². The van der Waals surface area contributed by atoms with E-state index < -0.39 is 0 Å². The number of rotatable bonds is 2. The van der Waals surface area contributed by atoms with Crippen molar-refractivity contribution < 1.29 is 4.79 Å². The van der Waals surface area contributed by atoms with E-state index in [4.69, 9.17) is 0 Å². The molecule has 0 spiro atoms. The van der Waals surface area contributed by atoms with E-state index in [0.717, 1.165) is 12.8 Å². The summed E-state index contributed by atoms with van der Waals surface area (Å²) in [6, 6.07) is 0. The Morgan fingerprint density at radius 3 is 2.67 bits per heavy atom. The molecule has 0 radical (unpaired) electrons. The van der Waals surface area contributed by atoms with E-state index in [1.807, 2.05) is 6.08 Å². The Hall–Kier alpha value is -0.850. The molecule has 0 aromatic heterocycles. The minimum Gasteiger partial charge on any atom is -0.295 e. The molecule has 1 rings (SSSR count). The molecule has 0 saturated heterocycles. The van der Waals surface area contributed by atoms with Crippen LogP contribution in [0.15, 0.2) is 23.8 Å². The van der Waals surface area contributed by atoms with Crippen LogP contribution in [0.5, 0.6) is 0 Å². The molecule has 66 valence electrons. The van der Waals surface area contributed by atoms with E-state index in [1.165, 1.54) is 5.57 Å². The molecule has 1 aliphatic carbocycles. The fraction of sp³-hybridized carbons (Fsp3) is 0.545. The van der Waals surface area contributed by atoms with E-state index in [9.17, 15) is 4.79 Å². The maximum Gasteiger partial charge on any atom is 0.156 e. The van der Waals surface area contributed by atoms with Crippen LogP contribution in [0.4, 0.5) is 0 Å². The second kappa shape index (κ2) is 4.24. The van der Waals surface area contributed by atoms with Gasteiger partial charge in [0.2, 0.25) is 0 Å². The van der Waals surface area contributed by atoms with Gasteiger partial charge in [-0.05, 0) is 24.8 Å². The molecule has 12 heavy (non-hydrogen) atoms. The molecule has 1 nitrogen and oxygen atoms in total. The zero-order valence-electron chi connectivity index (χ0n) is 7.84. The lowest BCUT2D eigenvalue weighted by atomic mass is 9.98. The Kier molecular flexibility index (Phi) is 3.27. The summed E-state index contributed by atoms with van der Waals surface area (Å²) in [5, 5.41) is 0. The van der Waals surface area contributed by atoms with Crippen LogP contribution < -0.4 is 0 Å². The second-order valence-electron chi connectivity index (χ2n) is 3.71. The number of carbonyl (C=O) groups excluding carboxylic acids is 1. The number of ketones is 1. The number of allylic oxidation sites excluding steroid dienone is 4. The molecular formula is C11H16O. The lowest BCUT2D eigenvalue weighted by molar-refractivity contribution is -0.114. The average molecular weight is 164 g/mol. The van der Waals surface area contributed by atoms with E-state index in [1.54, 1.807) is 6.08 Å². The highest BCUT2D eigenvalue weighted by Gasteiger charge is 2.05. The average Bonchev–Trinajstić information content (AvgIpc) is 2.03. The smallest absolute Gasteiger partial charge is 0.156 e. The topological polar surface area (TPSA) is 17.1 Å². The highest BCUT2D eigenvalue weighted by Crippen LogP contribution is 2.15. The molecular weight excluding hydrogens is 148 g/mol. The standard InChI is InChI=1S/C11H16O/c1-9(2)3-4-10-5-7-11(12)8-6-10/h4-5,7,9H,3,6,8H2,1-2H3/b10-4+. The van der Waals surface area contributed by atoms with Crippen molar-refractivity contribution >= 4 is 5.78 Å². The zero-order valence-corrected chi connectivity index (χ0v) is 7.84. The minimum atomic E-state index is 0.261. The predicted molar refractivity (Wildman–Crippen MR) is 50.9 cm³/mol. The molecule has 0 saturated carbocycles. The van der Waals surface area contributed by atoms with Gasteiger partial charge in [0, 0.05) is 6.42 Å². The highest BCUT2D eigenvalue weighted by molar-refractivity contribution is 5.91. The summed E-state index contributed by atoms with van der Waals surface area (Å²) in [6.45, 7) is 4.41. The van der Waals surface area contributed by atoms with Crippen molar-refractivity contribution in [3.8, 4) is 0 Å². The maximum atomic E-state index is 10.8. The van der Waals surface area contributed by atoms with Gasteiger partial charge in [-0.3, -0.25) is 4.79 Å². The van der Waals surface area contributed by atoms with Gasteiger partial charge in [0.25, 0.3) is 0 Å². The van der Waals surface area contributed by atoms with Crippen LogP contribution in [0.25, 0.3) is 0 Å². The third kappa shape index (κ3) is 3.04. The Labute approximate surface area is 74.2 Å². The third-order valence-electron chi connectivity index (χ3n) is 1.99. The van der Waals surface area contributed by atoms with E-state index in [-0.39, 0.29) is 5.78 Å². The normalized spacial score (nSPS) is 20.9. The van der Waals surface area contributed by atoms with Crippen molar-refractivity contribution in [2.24, 2.45) is 5.92 Å². The summed E-state index contributed by atoms with van der Waals surface area (Å²) in [4.78, 5) is 10.8. The van der Waals surface area contributed by atoms with Gasteiger partial charge in [-0.1, -0.05) is 31.6 Å². The van der Waals surface area contributed by atoms with Gasteiger partial charge >= 0.3 is 0 Å². The fourth-order valence-electron chi connectivity index (χ4n) is 1.19. The van der Waals surface area contributed by atoms with Crippen LogP contribution in [0.3, 0.4) is 0 Å². The summed E-state index contributed by atoms with van der Waals surface area (Å²) in [7, 11) is 0. The molecule has 0 heterocycles. The monoisotopic (exact) mass is 164 g/mol. The Balaban J connectivity index is 2.48. The van der Waals surface area contributed by atoms with Gasteiger partial charge in [0.1, 0.15) is 0 Å². The third-order valence-corrected chi connectivity index (χ3v) is 1.99. The van der Waals surface area contributed by atoms with E-state index in [0.29, 0.717) is 12.3 Å². The molecule has 0 unspecified atom stereocenters. The first-order chi connectivity index (χ1) is 5.68. The highest BCUT2D eigenvalue weighted by atomic mass is 16.1. The van der Waals surface area contributed by atoms with E-state index >= 15 is 0 Å². The van der Waals surface area contributed by atoms with Gasteiger partial charge in [0.15, 0.2) is 5.78 Å². The van der Waals surface area contributed by atoms with Gasteiger partial charge in [-0.15, -0.1) is 0 Å². The van der Waals surface area contributed by atoms with Gasteiger partial charge in [-0.2, -0.15) is 0 Å². The molecule has 0 atom stereocenters. The quantitative estimate of drug-likeness (QED) is 0.613. The number of carbonyl (C=O) groups is 1. The molecule has 0 aromatic rings. The maximum absolute atomic E-state index is 10.8. The lowest BCUT2D eigenvalue weighted by Crippen LogP contribution is -1.99. The van der Waals surface area contributed by atoms with Crippen molar-refractivity contribution in [2.75, 3.05) is 0 Å². The first-order valence-corrected chi connectivity index (χ1v) is 4.58. The SMILES string of the molecule is CC(C)C/C=C1\C=CC(=O)CC1. The minimum absolute atomic E-state index is 0.261. The molecule has 1 heteroatoms. The summed E-state index contributed by atoms with van der Waals surface area (Å²) in [5.74, 6) is 0.972. The molecule has 0 bridgehead atoms. The second-order valence-corrected chi connectivity index (χ2v) is 3.71.